The molecule has 0 spiro atoms. The number of aromatic nitrogens is 2. The largest absolute Gasteiger partial charge is 0.416 e. The predicted molar refractivity (Wildman–Crippen MR) is 83.4 cm³/mol. The zero-order valence-corrected chi connectivity index (χ0v) is 14.6. The van der Waals surface area contributed by atoms with Gasteiger partial charge in [0, 0.05) is 12.0 Å². The summed E-state index contributed by atoms with van der Waals surface area (Å²) in [7, 11) is -2.90. The summed E-state index contributed by atoms with van der Waals surface area (Å²) < 4.78 is 28.3. The highest BCUT2D eigenvalue weighted by atomic mass is 32.2. The molecule has 1 atom stereocenters. The van der Waals surface area contributed by atoms with Gasteiger partial charge >= 0.3 is 0 Å². The molecule has 1 aliphatic rings. The van der Waals surface area contributed by atoms with Crippen molar-refractivity contribution in [3.05, 3.63) is 5.89 Å². The Morgan fingerprint density at radius 2 is 2.14 bits per heavy atom. The molecule has 0 radical (unpaired) electrons. The highest BCUT2D eigenvalue weighted by molar-refractivity contribution is 7.99. The Morgan fingerprint density at radius 1 is 1.41 bits per heavy atom. The number of amides is 1. The maximum atomic E-state index is 11.7. The van der Waals surface area contributed by atoms with Crippen LogP contribution in [0, 0.1) is 5.92 Å². The molecule has 1 amide bonds. The van der Waals surface area contributed by atoms with Crippen LogP contribution in [0.3, 0.4) is 0 Å². The van der Waals surface area contributed by atoms with Gasteiger partial charge in [-0.15, -0.1) is 10.2 Å². The van der Waals surface area contributed by atoms with E-state index in [4.69, 9.17) is 4.42 Å². The lowest BCUT2D eigenvalue weighted by molar-refractivity contribution is -0.119. The summed E-state index contributed by atoms with van der Waals surface area (Å²) in [6, 6.07) is 0. The summed E-state index contributed by atoms with van der Waals surface area (Å²) in [4.78, 5) is 11.7. The second-order valence-electron chi connectivity index (χ2n) is 6.52. The van der Waals surface area contributed by atoms with Gasteiger partial charge in [0.2, 0.25) is 11.8 Å². The molecule has 1 N–H and O–H groups in total. The van der Waals surface area contributed by atoms with Gasteiger partial charge in [-0.25, -0.2) is 8.42 Å². The van der Waals surface area contributed by atoms with Crippen molar-refractivity contribution < 1.29 is 17.6 Å². The number of rotatable bonds is 5. The quantitative estimate of drug-likeness (QED) is 0.794. The number of nitrogens with zero attached hydrogens (tertiary/aromatic N) is 2. The van der Waals surface area contributed by atoms with E-state index in [2.05, 4.69) is 15.5 Å². The van der Waals surface area contributed by atoms with Crippen molar-refractivity contribution >= 4 is 27.5 Å². The van der Waals surface area contributed by atoms with Gasteiger partial charge in [-0.2, -0.15) is 0 Å². The third-order valence-electron chi connectivity index (χ3n) is 3.08. The number of hydrogen-bond donors (Lipinski definition) is 1. The van der Waals surface area contributed by atoms with Crippen molar-refractivity contribution in [2.24, 2.45) is 5.92 Å². The van der Waals surface area contributed by atoms with E-state index in [1.807, 2.05) is 20.8 Å². The average Bonchev–Trinajstić information content (AvgIpc) is 2.92. The molecular formula is C13H21N3O4S2. The third-order valence-corrected chi connectivity index (χ3v) is 5.73. The van der Waals surface area contributed by atoms with Gasteiger partial charge in [-0.05, 0) is 33.1 Å². The minimum Gasteiger partial charge on any atom is -0.416 e. The molecule has 124 valence electrons. The topological polar surface area (TPSA) is 102 Å². The SMILES string of the molecule is CC(C)(C)NC(=O)CSc1nnc(C[C@@H]2CCS(=O)(=O)C2)o1. The van der Waals surface area contributed by atoms with Crippen LogP contribution in [-0.2, 0) is 21.1 Å². The highest BCUT2D eigenvalue weighted by Gasteiger charge is 2.29. The monoisotopic (exact) mass is 347 g/mol. The average molecular weight is 347 g/mol. The molecule has 2 heterocycles. The van der Waals surface area contributed by atoms with E-state index in [0.29, 0.717) is 24.0 Å². The van der Waals surface area contributed by atoms with Crippen molar-refractivity contribution in [2.75, 3.05) is 17.3 Å². The molecule has 1 saturated heterocycles. The Bertz CT molecular complexity index is 634. The second-order valence-corrected chi connectivity index (χ2v) is 9.68. The standard InChI is InChI=1S/C13H21N3O4S2/c1-13(2,3)14-10(17)7-21-12-16-15-11(20-12)6-9-4-5-22(18,19)8-9/h9H,4-8H2,1-3H3,(H,14,17)/t9-/m0/s1. The lowest BCUT2D eigenvalue weighted by Gasteiger charge is -2.19. The Morgan fingerprint density at radius 3 is 2.73 bits per heavy atom. The smallest absolute Gasteiger partial charge is 0.277 e. The zero-order chi connectivity index (χ0) is 16.4. The molecule has 1 aliphatic heterocycles. The number of carbonyl (C=O) groups excluding carboxylic acids is 1. The van der Waals surface area contributed by atoms with Gasteiger partial charge in [0.1, 0.15) is 0 Å². The molecule has 0 aliphatic carbocycles. The van der Waals surface area contributed by atoms with E-state index in [-0.39, 0.29) is 34.6 Å². The van der Waals surface area contributed by atoms with Crippen molar-refractivity contribution in [2.45, 2.75) is 44.4 Å². The normalized spacial score (nSPS) is 21.0. The fourth-order valence-corrected chi connectivity index (χ4v) is 4.68. The van der Waals surface area contributed by atoms with Gasteiger partial charge < -0.3 is 9.73 Å². The first-order chi connectivity index (χ1) is 10.1. The molecule has 1 aromatic heterocycles. The zero-order valence-electron chi connectivity index (χ0n) is 13.0. The number of thioether (sulfide) groups is 1. The van der Waals surface area contributed by atoms with Crippen molar-refractivity contribution in [1.29, 1.82) is 0 Å². The summed E-state index contributed by atoms with van der Waals surface area (Å²) in [6.07, 6.45) is 1.11. The van der Waals surface area contributed by atoms with Crippen LogP contribution in [0.25, 0.3) is 0 Å². The molecule has 1 aromatic rings. The van der Waals surface area contributed by atoms with E-state index in [1.54, 1.807) is 0 Å². The lowest BCUT2D eigenvalue weighted by atomic mass is 10.1. The minimum atomic E-state index is -2.90. The summed E-state index contributed by atoms with van der Waals surface area (Å²) in [6.45, 7) is 5.74. The summed E-state index contributed by atoms with van der Waals surface area (Å²) >= 11 is 1.18. The van der Waals surface area contributed by atoms with E-state index in [9.17, 15) is 13.2 Å². The van der Waals surface area contributed by atoms with Crippen LogP contribution in [-0.4, -0.2) is 47.3 Å². The molecule has 2 rings (SSSR count). The van der Waals surface area contributed by atoms with Crippen LogP contribution >= 0.6 is 11.8 Å². The van der Waals surface area contributed by atoms with Crippen LogP contribution in [0.4, 0.5) is 0 Å². The third kappa shape index (κ3) is 5.60. The first kappa shape index (κ1) is 17.3. The van der Waals surface area contributed by atoms with Gasteiger partial charge in [-0.1, -0.05) is 11.8 Å². The highest BCUT2D eigenvalue weighted by Crippen LogP contribution is 2.24. The number of hydrogen-bond acceptors (Lipinski definition) is 7. The Labute approximate surface area is 134 Å². The van der Waals surface area contributed by atoms with Gasteiger partial charge in [0.05, 0.1) is 17.3 Å². The predicted octanol–water partition coefficient (Wildman–Crippen LogP) is 1.05. The van der Waals surface area contributed by atoms with E-state index in [1.165, 1.54) is 11.8 Å². The molecule has 1 fully saturated rings. The molecule has 0 unspecified atom stereocenters. The summed E-state index contributed by atoms with van der Waals surface area (Å²) in [5.41, 5.74) is -0.272. The first-order valence-corrected chi connectivity index (χ1v) is 9.90. The second kappa shape index (κ2) is 6.57. The number of nitrogens with one attached hydrogen (secondary N) is 1. The van der Waals surface area contributed by atoms with Gasteiger partial charge in [0.25, 0.3) is 5.22 Å². The van der Waals surface area contributed by atoms with Crippen molar-refractivity contribution in [1.82, 2.24) is 15.5 Å². The molecule has 9 heteroatoms. The van der Waals surface area contributed by atoms with Crippen LogP contribution in [0.2, 0.25) is 0 Å². The fourth-order valence-electron chi connectivity index (χ4n) is 2.24. The number of sulfone groups is 1. The molecular weight excluding hydrogens is 326 g/mol. The first-order valence-electron chi connectivity index (χ1n) is 7.09. The van der Waals surface area contributed by atoms with Crippen LogP contribution in [0.1, 0.15) is 33.1 Å². The Balaban J connectivity index is 1.81. The molecule has 7 nitrogen and oxygen atoms in total. The molecule has 0 bridgehead atoms. The summed E-state index contributed by atoms with van der Waals surface area (Å²) in [5, 5.41) is 11.0. The van der Waals surface area contributed by atoms with E-state index >= 15 is 0 Å². The van der Waals surface area contributed by atoms with E-state index < -0.39 is 9.84 Å². The molecule has 0 aromatic carbocycles. The van der Waals surface area contributed by atoms with Crippen LogP contribution < -0.4 is 5.32 Å². The molecule has 0 saturated carbocycles. The van der Waals surface area contributed by atoms with Gasteiger partial charge in [0.15, 0.2) is 9.84 Å². The van der Waals surface area contributed by atoms with E-state index in [0.717, 1.165) is 0 Å². The molecule has 22 heavy (non-hydrogen) atoms. The summed E-state index contributed by atoms with van der Waals surface area (Å²) in [5.74, 6) is 1.01. The van der Waals surface area contributed by atoms with Crippen molar-refractivity contribution in [3.8, 4) is 0 Å². The van der Waals surface area contributed by atoms with Gasteiger partial charge in [-0.3, -0.25) is 4.79 Å². The Kier molecular flexibility index (Phi) is 5.16. The van der Waals surface area contributed by atoms with Crippen LogP contribution in [0.15, 0.2) is 9.64 Å². The lowest BCUT2D eigenvalue weighted by Crippen LogP contribution is -2.41. The maximum absolute atomic E-state index is 11.7. The van der Waals surface area contributed by atoms with Crippen LogP contribution in [0.5, 0.6) is 0 Å². The maximum Gasteiger partial charge on any atom is 0.277 e. The number of carbonyl (C=O) groups is 1. The fraction of sp³-hybridized carbons (Fsp3) is 0.769. The Hall–Kier alpha value is -1.09. The minimum absolute atomic E-state index is 0.0486. The van der Waals surface area contributed by atoms with Crippen molar-refractivity contribution in [3.63, 3.8) is 0 Å².